The monoisotopic (exact) mass is 375 g/mol. The maximum absolute atomic E-state index is 12.3. The van der Waals surface area contributed by atoms with Crippen LogP contribution in [0.5, 0.6) is 0 Å². The normalized spacial score (nSPS) is 21.6. The molecule has 0 bridgehead atoms. The summed E-state index contributed by atoms with van der Waals surface area (Å²) >= 11 is 0. The molecule has 2 amide bonds. The summed E-state index contributed by atoms with van der Waals surface area (Å²) in [6, 6.07) is 7.84. The Morgan fingerprint density at radius 1 is 1.26 bits per heavy atom. The molecule has 3 rings (SSSR count). The molecule has 27 heavy (non-hydrogen) atoms. The summed E-state index contributed by atoms with van der Waals surface area (Å²) in [5.41, 5.74) is 1.84. The summed E-state index contributed by atoms with van der Waals surface area (Å²) in [6.07, 6.45) is 4.76. The second kappa shape index (κ2) is 9.19. The Hall–Kier alpha value is -2.12. The number of hydrogen-bond donors (Lipinski definition) is 3. The van der Waals surface area contributed by atoms with E-state index in [1.807, 2.05) is 24.3 Å². The highest BCUT2D eigenvalue weighted by atomic mass is 16.5. The zero-order valence-corrected chi connectivity index (χ0v) is 15.8. The first-order chi connectivity index (χ1) is 13.0. The number of carboxylic acids is 1. The third kappa shape index (κ3) is 5.94. The van der Waals surface area contributed by atoms with Crippen LogP contribution in [0.2, 0.25) is 0 Å². The average molecular weight is 375 g/mol. The molecular weight excluding hydrogens is 346 g/mol. The van der Waals surface area contributed by atoms with Gasteiger partial charge in [-0.05, 0) is 49.7 Å². The Morgan fingerprint density at radius 3 is 2.67 bits per heavy atom. The van der Waals surface area contributed by atoms with Crippen LogP contribution < -0.4 is 10.6 Å². The van der Waals surface area contributed by atoms with Crippen LogP contribution in [0.4, 0.5) is 10.5 Å². The van der Waals surface area contributed by atoms with Crippen molar-refractivity contribution in [1.29, 1.82) is 0 Å². The first kappa shape index (κ1) is 19.6. The molecule has 3 N–H and O–H groups in total. The largest absolute Gasteiger partial charge is 0.480 e. The number of anilines is 1. The number of benzene rings is 1. The van der Waals surface area contributed by atoms with Crippen molar-refractivity contribution in [3.63, 3.8) is 0 Å². The van der Waals surface area contributed by atoms with Crippen molar-refractivity contribution in [3.05, 3.63) is 29.8 Å². The second-order valence-corrected chi connectivity index (χ2v) is 7.59. The number of nitrogens with one attached hydrogen (secondary N) is 2. The van der Waals surface area contributed by atoms with Crippen molar-refractivity contribution in [2.45, 2.75) is 44.2 Å². The summed E-state index contributed by atoms with van der Waals surface area (Å²) in [5, 5.41) is 15.0. The number of aliphatic carboxylic acids is 1. The van der Waals surface area contributed by atoms with Crippen LogP contribution in [0, 0.1) is 5.92 Å². The molecule has 0 radical (unpaired) electrons. The van der Waals surface area contributed by atoms with E-state index in [2.05, 4.69) is 15.5 Å². The maximum atomic E-state index is 12.3. The first-order valence-electron chi connectivity index (χ1n) is 9.65. The molecule has 0 heterocycles. The van der Waals surface area contributed by atoms with E-state index in [-0.39, 0.29) is 24.7 Å². The van der Waals surface area contributed by atoms with Crippen molar-refractivity contribution in [3.8, 4) is 0 Å². The number of carbonyl (C=O) groups excluding carboxylic acids is 1. The van der Waals surface area contributed by atoms with Crippen molar-refractivity contribution < 1.29 is 19.4 Å². The third-order valence-corrected chi connectivity index (χ3v) is 5.33. The van der Waals surface area contributed by atoms with Crippen molar-refractivity contribution >= 4 is 17.7 Å². The maximum Gasteiger partial charge on any atom is 0.319 e. The van der Waals surface area contributed by atoms with E-state index in [9.17, 15) is 9.59 Å². The topological polar surface area (TPSA) is 90.9 Å². The average Bonchev–Trinajstić information content (AvgIpc) is 3.40. The van der Waals surface area contributed by atoms with Gasteiger partial charge in [0.25, 0.3) is 0 Å². The molecule has 0 aromatic heterocycles. The predicted molar refractivity (Wildman–Crippen MR) is 103 cm³/mol. The second-order valence-electron chi connectivity index (χ2n) is 7.59. The van der Waals surface area contributed by atoms with Gasteiger partial charge < -0.3 is 20.5 Å². The van der Waals surface area contributed by atoms with Crippen LogP contribution >= 0.6 is 0 Å². The van der Waals surface area contributed by atoms with Crippen molar-refractivity contribution in [2.75, 3.05) is 32.1 Å². The number of rotatable bonds is 10. The van der Waals surface area contributed by atoms with Gasteiger partial charge in [-0.15, -0.1) is 0 Å². The van der Waals surface area contributed by atoms with Gasteiger partial charge in [-0.2, -0.15) is 0 Å². The zero-order chi connectivity index (χ0) is 19.2. The van der Waals surface area contributed by atoms with Gasteiger partial charge in [0, 0.05) is 31.4 Å². The van der Waals surface area contributed by atoms with Gasteiger partial charge in [-0.3, -0.25) is 9.69 Å². The Labute approximate surface area is 160 Å². The minimum atomic E-state index is -0.780. The number of carboxylic acid groups (broad SMARTS) is 1. The lowest BCUT2D eigenvalue weighted by molar-refractivity contribution is -0.139. The number of urea groups is 1. The van der Waals surface area contributed by atoms with Gasteiger partial charge in [0.1, 0.15) is 0 Å². The summed E-state index contributed by atoms with van der Waals surface area (Å²) in [7, 11) is 1.66. The molecule has 2 saturated carbocycles. The fourth-order valence-corrected chi connectivity index (χ4v) is 3.57. The molecule has 1 aromatic rings. The van der Waals surface area contributed by atoms with E-state index < -0.39 is 5.97 Å². The highest BCUT2D eigenvalue weighted by Crippen LogP contribution is 2.33. The van der Waals surface area contributed by atoms with Gasteiger partial charge in [-0.1, -0.05) is 18.2 Å². The van der Waals surface area contributed by atoms with Gasteiger partial charge >= 0.3 is 12.0 Å². The number of para-hydroxylation sites is 1. The van der Waals surface area contributed by atoms with Gasteiger partial charge in [0.15, 0.2) is 0 Å². The highest BCUT2D eigenvalue weighted by Gasteiger charge is 2.37. The summed E-state index contributed by atoms with van der Waals surface area (Å²) in [4.78, 5) is 25.5. The molecule has 0 aliphatic heterocycles. The summed E-state index contributed by atoms with van der Waals surface area (Å²) in [6.45, 7) is 1.56. The van der Waals surface area contributed by atoms with E-state index in [0.717, 1.165) is 37.1 Å². The quantitative estimate of drug-likeness (QED) is 0.584. The number of ether oxygens (including phenoxy) is 1. The summed E-state index contributed by atoms with van der Waals surface area (Å²) in [5.74, 6) is -0.124. The van der Waals surface area contributed by atoms with Crippen LogP contribution in [0.15, 0.2) is 24.3 Å². The lowest BCUT2D eigenvalue weighted by Crippen LogP contribution is -2.55. The Balaban J connectivity index is 1.45. The van der Waals surface area contributed by atoms with E-state index >= 15 is 0 Å². The van der Waals surface area contributed by atoms with Crippen molar-refractivity contribution in [2.24, 2.45) is 5.92 Å². The molecule has 7 nitrogen and oxygen atoms in total. The lowest BCUT2D eigenvalue weighted by atomic mass is 9.85. The van der Waals surface area contributed by atoms with E-state index in [1.165, 1.54) is 12.8 Å². The molecule has 7 heteroatoms. The van der Waals surface area contributed by atoms with Crippen LogP contribution in [0.3, 0.4) is 0 Å². The molecule has 0 atom stereocenters. The zero-order valence-electron chi connectivity index (χ0n) is 15.8. The van der Waals surface area contributed by atoms with Crippen molar-refractivity contribution in [1.82, 2.24) is 10.2 Å². The van der Waals surface area contributed by atoms with Crippen LogP contribution in [0.1, 0.15) is 31.2 Å². The fraction of sp³-hybridized carbons (Fsp3) is 0.600. The first-order valence-corrected chi connectivity index (χ1v) is 9.65. The minimum Gasteiger partial charge on any atom is -0.480 e. The Bertz CT molecular complexity index is 656. The van der Waals surface area contributed by atoms with E-state index in [1.54, 1.807) is 7.11 Å². The van der Waals surface area contributed by atoms with Crippen LogP contribution in [-0.4, -0.2) is 60.9 Å². The predicted octanol–water partition coefficient (Wildman–Crippen LogP) is 2.32. The van der Waals surface area contributed by atoms with Crippen LogP contribution in [-0.2, 0) is 16.0 Å². The summed E-state index contributed by atoms with van der Waals surface area (Å²) < 4.78 is 5.12. The Kier molecular flexibility index (Phi) is 6.68. The number of hydrogen-bond acceptors (Lipinski definition) is 4. The standard InChI is InChI=1S/C20H29N3O4/c1-27-9-8-15-4-2-3-5-18(15)22-20(26)21-16-10-17(11-16)23(13-19(24)25)12-14-6-7-14/h2-5,14,16-17H,6-13H2,1H3,(H,24,25)(H2,21,22,26). The minimum absolute atomic E-state index is 0.0902. The molecule has 0 spiro atoms. The third-order valence-electron chi connectivity index (χ3n) is 5.33. The lowest BCUT2D eigenvalue weighted by Gasteiger charge is -2.42. The molecule has 148 valence electrons. The highest BCUT2D eigenvalue weighted by molar-refractivity contribution is 5.90. The molecule has 2 aliphatic carbocycles. The number of amides is 2. The molecule has 0 saturated heterocycles. The van der Waals surface area contributed by atoms with Crippen LogP contribution in [0.25, 0.3) is 0 Å². The fourth-order valence-electron chi connectivity index (χ4n) is 3.57. The van der Waals surface area contributed by atoms with Gasteiger partial charge in [-0.25, -0.2) is 4.79 Å². The van der Waals surface area contributed by atoms with Gasteiger partial charge in [0.2, 0.25) is 0 Å². The Morgan fingerprint density at radius 2 is 2.00 bits per heavy atom. The molecular formula is C20H29N3O4. The molecule has 0 unspecified atom stereocenters. The number of nitrogens with zero attached hydrogens (tertiary/aromatic N) is 1. The molecule has 2 aliphatic rings. The number of carbonyl (C=O) groups is 2. The number of methoxy groups -OCH3 is 1. The smallest absolute Gasteiger partial charge is 0.319 e. The van der Waals surface area contributed by atoms with Gasteiger partial charge in [0.05, 0.1) is 13.2 Å². The molecule has 1 aromatic carbocycles. The van der Waals surface area contributed by atoms with E-state index in [4.69, 9.17) is 9.84 Å². The SMILES string of the molecule is COCCc1ccccc1NC(=O)NC1CC(N(CC(=O)O)CC2CC2)C1. The molecule has 2 fully saturated rings. The van der Waals surface area contributed by atoms with E-state index in [0.29, 0.717) is 12.5 Å².